The van der Waals surface area contributed by atoms with Crippen molar-refractivity contribution in [2.45, 2.75) is 0 Å². The minimum absolute atomic E-state index is 0.0394. The maximum absolute atomic E-state index is 11.8. The standard InChI is InChI=1S/C18H14O7P2/c19-26(20,21)25-27(22,23)24-16-8-7-12-5-6-15-9-13-3-1-2-4-14(13)10-17(15)18(12)11-16/h1-11H,(H,22,23)(H2,19,20,21). The predicted octanol–water partition coefficient (Wildman–Crippen LogP) is 4.73. The molecule has 0 fully saturated rings. The molecule has 0 spiro atoms. The van der Waals surface area contributed by atoms with E-state index in [0.29, 0.717) is 0 Å². The van der Waals surface area contributed by atoms with Crippen molar-refractivity contribution in [2.75, 3.05) is 0 Å². The maximum atomic E-state index is 11.8. The van der Waals surface area contributed by atoms with Gasteiger partial charge in [-0.3, -0.25) is 4.89 Å². The van der Waals surface area contributed by atoms with Gasteiger partial charge in [-0.2, -0.15) is 4.31 Å². The van der Waals surface area contributed by atoms with Crippen LogP contribution >= 0.6 is 15.6 Å². The third-order valence-corrected chi connectivity index (χ3v) is 6.22. The molecule has 0 aliphatic carbocycles. The maximum Gasteiger partial charge on any atom is 0.536 e. The molecule has 0 amide bonds. The van der Waals surface area contributed by atoms with Gasteiger partial charge in [0.2, 0.25) is 0 Å². The van der Waals surface area contributed by atoms with E-state index in [-0.39, 0.29) is 5.75 Å². The van der Waals surface area contributed by atoms with Gasteiger partial charge >= 0.3 is 15.6 Å². The fraction of sp³-hybridized carbons (Fsp3) is 0. The van der Waals surface area contributed by atoms with Crippen LogP contribution in [0.25, 0.3) is 32.3 Å². The van der Waals surface area contributed by atoms with Gasteiger partial charge in [-0.15, -0.1) is 0 Å². The lowest BCUT2D eigenvalue weighted by Gasteiger charge is -2.14. The molecule has 27 heavy (non-hydrogen) atoms. The fourth-order valence-electron chi connectivity index (χ4n) is 3.06. The molecule has 3 N–H and O–H groups in total. The molecule has 1 unspecified atom stereocenters. The summed E-state index contributed by atoms with van der Waals surface area (Å²) in [6, 6.07) is 20.5. The topological polar surface area (TPSA) is 113 Å². The van der Waals surface area contributed by atoms with Crippen LogP contribution < -0.4 is 4.52 Å². The minimum atomic E-state index is -5.18. The molecule has 0 saturated heterocycles. The first kappa shape index (κ1) is 18.1. The lowest BCUT2D eigenvalue weighted by Crippen LogP contribution is -1.96. The number of rotatable bonds is 4. The molecule has 0 saturated carbocycles. The van der Waals surface area contributed by atoms with Gasteiger partial charge in [0.05, 0.1) is 0 Å². The largest absolute Gasteiger partial charge is 0.536 e. The quantitative estimate of drug-likeness (QED) is 0.256. The SMILES string of the molecule is O=P(O)(O)OP(=O)(O)Oc1ccc2ccc3cc4ccccc4cc3c2c1. The monoisotopic (exact) mass is 404 g/mol. The highest BCUT2D eigenvalue weighted by atomic mass is 31.3. The molecule has 0 heterocycles. The van der Waals surface area contributed by atoms with E-state index in [1.54, 1.807) is 12.1 Å². The molecular formula is C18H14O7P2. The van der Waals surface area contributed by atoms with Crippen LogP contribution in [0.2, 0.25) is 0 Å². The van der Waals surface area contributed by atoms with Crippen molar-refractivity contribution in [3.63, 3.8) is 0 Å². The molecule has 4 rings (SSSR count). The van der Waals surface area contributed by atoms with Crippen molar-refractivity contribution < 1.29 is 32.6 Å². The van der Waals surface area contributed by atoms with Gasteiger partial charge < -0.3 is 14.3 Å². The molecule has 0 aliphatic rings. The molecule has 1 atom stereocenters. The lowest BCUT2D eigenvalue weighted by molar-refractivity contribution is 0.229. The van der Waals surface area contributed by atoms with Gasteiger partial charge in [0, 0.05) is 0 Å². The molecule has 0 aliphatic heterocycles. The molecule has 9 heteroatoms. The Morgan fingerprint density at radius 1 is 0.667 bits per heavy atom. The molecular weight excluding hydrogens is 390 g/mol. The van der Waals surface area contributed by atoms with Crippen LogP contribution in [-0.2, 0) is 13.4 Å². The second kappa shape index (κ2) is 6.43. The Morgan fingerprint density at radius 3 is 1.96 bits per heavy atom. The number of hydrogen-bond donors (Lipinski definition) is 3. The van der Waals surface area contributed by atoms with Gasteiger partial charge in [-0.1, -0.05) is 42.5 Å². The van der Waals surface area contributed by atoms with Crippen LogP contribution in [0.1, 0.15) is 0 Å². The summed E-state index contributed by atoms with van der Waals surface area (Å²) in [7, 11) is -10.2. The van der Waals surface area contributed by atoms with E-state index in [2.05, 4.69) is 4.31 Å². The van der Waals surface area contributed by atoms with E-state index in [1.807, 2.05) is 48.5 Å². The van der Waals surface area contributed by atoms with Crippen LogP contribution in [-0.4, -0.2) is 14.7 Å². The Balaban J connectivity index is 1.85. The third kappa shape index (κ3) is 3.89. The van der Waals surface area contributed by atoms with Gasteiger partial charge in [-0.05, 0) is 56.6 Å². The Morgan fingerprint density at radius 2 is 1.26 bits per heavy atom. The first-order valence-corrected chi connectivity index (χ1v) is 10.9. The summed E-state index contributed by atoms with van der Waals surface area (Å²) < 4.78 is 31.3. The lowest BCUT2D eigenvalue weighted by atomic mass is 9.98. The normalized spacial score (nSPS) is 14.5. The van der Waals surface area contributed by atoms with Crippen molar-refractivity contribution in [3.8, 4) is 5.75 Å². The first-order valence-electron chi connectivity index (χ1n) is 7.85. The number of phosphoric acid groups is 2. The van der Waals surface area contributed by atoms with E-state index in [0.717, 1.165) is 32.3 Å². The highest BCUT2D eigenvalue weighted by Crippen LogP contribution is 2.57. The molecule has 0 aromatic heterocycles. The van der Waals surface area contributed by atoms with Gasteiger partial charge in [0.25, 0.3) is 0 Å². The van der Waals surface area contributed by atoms with E-state index >= 15 is 0 Å². The summed E-state index contributed by atoms with van der Waals surface area (Å²) in [5.74, 6) is -0.0394. The highest BCUT2D eigenvalue weighted by molar-refractivity contribution is 7.60. The van der Waals surface area contributed by atoms with Gasteiger partial charge in [-0.25, -0.2) is 9.13 Å². The highest BCUT2D eigenvalue weighted by Gasteiger charge is 2.33. The molecule has 0 bridgehead atoms. The summed E-state index contributed by atoms with van der Waals surface area (Å²) in [5, 5.41) is 5.69. The van der Waals surface area contributed by atoms with Crippen molar-refractivity contribution in [1.29, 1.82) is 0 Å². The molecule has 7 nitrogen and oxygen atoms in total. The van der Waals surface area contributed by atoms with Crippen LogP contribution in [0, 0.1) is 0 Å². The first-order chi connectivity index (χ1) is 12.7. The number of fused-ring (bicyclic) bond motifs is 4. The second-order valence-electron chi connectivity index (χ2n) is 6.00. The molecule has 4 aromatic rings. The Bertz CT molecular complexity index is 1280. The van der Waals surface area contributed by atoms with Gasteiger partial charge in [0.15, 0.2) is 0 Å². The van der Waals surface area contributed by atoms with E-state index < -0.39 is 15.6 Å². The second-order valence-corrected chi connectivity index (χ2v) is 8.76. The molecule has 138 valence electrons. The van der Waals surface area contributed by atoms with Crippen molar-refractivity contribution >= 4 is 48.0 Å². The Labute approximate surface area is 153 Å². The average molecular weight is 404 g/mol. The van der Waals surface area contributed by atoms with Crippen molar-refractivity contribution in [2.24, 2.45) is 0 Å². The summed E-state index contributed by atoms with van der Waals surface area (Å²) >= 11 is 0. The van der Waals surface area contributed by atoms with Crippen molar-refractivity contribution in [3.05, 3.63) is 66.7 Å². The minimum Gasteiger partial charge on any atom is -0.404 e. The predicted molar refractivity (Wildman–Crippen MR) is 103 cm³/mol. The van der Waals surface area contributed by atoms with Crippen molar-refractivity contribution in [1.82, 2.24) is 0 Å². The Kier molecular flexibility index (Phi) is 4.32. The van der Waals surface area contributed by atoms with E-state index in [1.165, 1.54) is 6.07 Å². The van der Waals surface area contributed by atoms with E-state index in [4.69, 9.17) is 14.3 Å². The molecule has 4 aromatic carbocycles. The summed E-state index contributed by atoms with van der Waals surface area (Å²) in [5.41, 5.74) is 0. The summed E-state index contributed by atoms with van der Waals surface area (Å²) in [6.45, 7) is 0. The van der Waals surface area contributed by atoms with Crippen LogP contribution in [0.4, 0.5) is 0 Å². The van der Waals surface area contributed by atoms with Gasteiger partial charge in [0.1, 0.15) is 5.75 Å². The third-order valence-electron chi connectivity index (χ3n) is 4.11. The number of phosphoric ester groups is 1. The smallest absolute Gasteiger partial charge is 0.404 e. The summed E-state index contributed by atoms with van der Waals surface area (Å²) in [6.07, 6.45) is 0. The zero-order valence-electron chi connectivity index (χ0n) is 13.7. The van der Waals surface area contributed by atoms with E-state index in [9.17, 15) is 14.0 Å². The van der Waals surface area contributed by atoms with Crippen LogP contribution in [0.3, 0.4) is 0 Å². The van der Waals surface area contributed by atoms with Crippen LogP contribution in [0.15, 0.2) is 66.7 Å². The summed E-state index contributed by atoms with van der Waals surface area (Å²) in [4.78, 5) is 27.0. The zero-order valence-corrected chi connectivity index (χ0v) is 15.5. The number of benzene rings is 4. The fourth-order valence-corrected chi connectivity index (χ4v) is 4.65. The zero-order chi connectivity index (χ0) is 19.2. The Hall–Kier alpha value is -2.24. The average Bonchev–Trinajstić information content (AvgIpc) is 2.57. The number of hydrogen-bond acceptors (Lipinski definition) is 4. The van der Waals surface area contributed by atoms with Crippen LogP contribution in [0.5, 0.6) is 5.75 Å². The molecule has 0 radical (unpaired) electrons.